The number of piperidine rings is 1. The molecule has 1 aliphatic heterocycles. The second-order valence-corrected chi connectivity index (χ2v) is 5.48. The van der Waals surface area contributed by atoms with Gasteiger partial charge in [-0.1, -0.05) is 18.2 Å². The Hall–Kier alpha value is -1.59. The first-order chi connectivity index (χ1) is 9.56. The Morgan fingerprint density at radius 2 is 2.15 bits per heavy atom. The molecule has 0 radical (unpaired) electrons. The third kappa shape index (κ3) is 3.95. The maximum absolute atomic E-state index is 10.9. The first-order valence-electron chi connectivity index (χ1n) is 7.07. The average Bonchev–Trinajstić information content (AvgIpc) is 2.41. The number of nitrogens with two attached hydrogens (primary N) is 1. The van der Waals surface area contributed by atoms with Gasteiger partial charge in [0.05, 0.1) is 6.54 Å². The van der Waals surface area contributed by atoms with E-state index >= 15 is 0 Å². The Kier molecular flexibility index (Phi) is 4.98. The van der Waals surface area contributed by atoms with Gasteiger partial charge in [-0.3, -0.25) is 9.69 Å². The van der Waals surface area contributed by atoms with Crippen LogP contribution in [-0.4, -0.2) is 41.6 Å². The molecule has 0 saturated carbocycles. The Morgan fingerprint density at radius 1 is 1.45 bits per heavy atom. The van der Waals surface area contributed by atoms with Crippen LogP contribution in [0.4, 0.5) is 0 Å². The predicted molar refractivity (Wildman–Crippen MR) is 78.3 cm³/mol. The molecule has 4 N–H and O–H groups in total. The molecule has 110 valence electrons. The molecule has 2 rings (SSSR count). The third-order valence-electron chi connectivity index (χ3n) is 3.87. The number of phenolic OH excluding ortho intramolecular Hbond substituents is 1. The molecular formula is C15H23N3O2. The monoisotopic (exact) mass is 277 g/mol. The maximum Gasteiger partial charge on any atom is 0.231 e. The highest BCUT2D eigenvalue weighted by atomic mass is 16.3. The standard InChI is InChI=1S/C15H23N3O2/c1-11-3-2-4-12(15(11)20)9-17-13-5-7-18(8-6-13)10-14(16)19/h2-4,13,17,20H,5-10H2,1H3,(H2,16,19). The highest BCUT2D eigenvalue weighted by molar-refractivity contribution is 5.75. The first-order valence-corrected chi connectivity index (χ1v) is 7.07. The van der Waals surface area contributed by atoms with Crippen molar-refractivity contribution in [2.75, 3.05) is 19.6 Å². The molecule has 1 aromatic rings. The van der Waals surface area contributed by atoms with Crippen LogP contribution in [0.5, 0.6) is 5.75 Å². The third-order valence-corrected chi connectivity index (χ3v) is 3.87. The summed E-state index contributed by atoms with van der Waals surface area (Å²) < 4.78 is 0. The van der Waals surface area contributed by atoms with Crippen molar-refractivity contribution in [3.8, 4) is 5.75 Å². The van der Waals surface area contributed by atoms with Crippen LogP contribution in [0.1, 0.15) is 24.0 Å². The highest BCUT2D eigenvalue weighted by Gasteiger charge is 2.19. The van der Waals surface area contributed by atoms with Crippen LogP contribution in [0.25, 0.3) is 0 Å². The van der Waals surface area contributed by atoms with Gasteiger partial charge in [0.2, 0.25) is 5.91 Å². The molecule has 0 aromatic heterocycles. The van der Waals surface area contributed by atoms with Gasteiger partial charge in [-0.15, -0.1) is 0 Å². The number of rotatable bonds is 5. The molecule has 1 aromatic carbocycles. The zero-order valence-corrected chi connectivity index (χ0v) is 11.9. The summed E-state index contributed by atoms with van der Waals surface area (Å²) in [5.74, 6) is 0.118. The number of benzene rings is 1. The highest BCUT2D eigenvalue weighted by Crippen LogP contribution is 2.21. The molecular weight excluding hydrogens is 254 g/mol. The summed E-state index contributed by atoms with van der Waals surface area (Å²) in [5, 5.41) is 13.4. The Bertz CT molecular complexity index is 468. The molecule has 5 heteroatoms. The smallest absolute Gasteiger partial charge is 0.231 e. The van der Waals surface area contributed by atoms with E-state index in [0.717, 1.165) is 37.1 Å². The van der Waals surface area contributed by atoms with Crippen LogP contribution in [0, 0.1) is 6.92 Å². The number of para-hydroxylation sites is 1. The van der Waals surface area contributed by atoms with E-state index in [2.05, 4.69) is 10.2 Å². The van der Waals surface area contributed by atoms with E-state index in [0.29, 0.717) is 24.9 Å². The van der Waals surface area contributed by atoms with Crippen molar-refractivity contribution in [2.45, 2.75) is 32.4 Å². The molecule has 20 heavy (non-hydrogen) atoms. The van der Waals surface area contributed by atoms with Crippen LogP contribution >= 0.6 is 0 Å². The lowest BCUT2D eigenvalue weighted by atomic mass is 10.0. The number of amides is 1. The Balaban J connectivity index is 1.79. The second-order valence-electron chi connectivity index (χ2n) is 5.48. The number of carbonyl (C=O) groups is 1. The van der Waals surface area contributed by atoms with Crippen molar-refractivity contribution in [2.24, 2.45) is 5.73 Å². The van der Waals surface area contributed by atoms with Gasteiger partial charge >= 0.3 is 0 Å². The van der Waals surface area contributed by atoms with Crippen molar-refractivity contribution in [3.63, 3.8) is 0 Å². The van der Waals surface area contributed by atoms with E-state index in [1.165, 1.54) is 0 Å². The van der Waals surface area contributed by atoms with Crippen molar-refractivity contribution in [1.82, 2.24) is 10.2 Å². The predicted octanol–water partition coefficient (Wildman–Crippen LogP) is 0.740. The SMILES string of the molecule is Cc1cccc(CNC2CCN(CC(N)=O)CC2)c1O. The number of phenols is 1. The zero-order valence-electron chi connectivity index (χ0n) is 11.9. The molecule has 0 aliphatic carbocycles. The van der Waals surface area contributed by atoms with E-state index in [1.54, 1.807) is 0 Å². The summed E-state index contributed by atoms with van der Waals surface area (Å²) in [4.78, 5) is 13.0. The Morgan fingerprint density at radius 3 is 2.80 bits per heavy atom. The number of aromatic hydroxyl groups is 1. The van der Waals surface area contributed by atoms with Crippen LogP contribution in [-0.2, 0) is 11.3 Å². The summed E-state index contributed by atoms with van der Waals surface area (Å²) in [7, 11) is 0. The van der Waals surface area contributed by atoms with Gasteiger partial charge in [-0.05, 0) is 25.3 Å². The Labute approximate surface area is 119 Å². The van der Waals surface area contributed by atoms with Gasteiger partial charge in [-0.2, -0.15) is 0 Å². The largest absolute Gasteiger partial charge is 0.507 e. The van der Waals surface area contributed by atoms with Crippen molar-refractivity contribution in [1.29, 1.82) is 0 Å². The number of hydrogen-bond acceptors (Lipinski definition) is 4. The van der Waals surface area contributed by atoms with Crippen LogP contribution < -0.4 is 11.1 Å². The number of carbonyl (C=O) groups excluding carboxylic acids is 1. The van der Waals surface area contributed by atoms with Crippen LogP contribution in [0.2, 0.25) is 0 Å². The van der Waals surface area contributed by atoms with E-state index in [4.69, 9.17) is 5.73 Å². The molecule has 0 spiro atoms. The number of nitrogens with zero attached hydrogens (tertiary/aromatic N) is 1. The molecule has 0 bridgehead atoms. The lowest BCUT2D eigenvalue weighted by molar-refractivity contribution is -0.119. The quantitative estimate of drug-likeness (QED) is 0.742. The van der Waals surface area contributed by atoms with E-state index in [-0.39, 0.29) is 5.91 Å². The number of primary amides is 1. The summed E-state index contributed by atoms with van der Waals surface area (Å²) in [6.07, 6.45) is 2.00. The van der Waals surface area contributed by atoms with Gasteiger partial charge in [0.1, 0.15) is 5.75 Å². The minimum absolute atomic E-state index is 0.263. The lowest BCUT2D eigenvalue weighted by Gasteiger charge is -2.31. The van der Waals surface area contributed by atoms with E-state index < -0.39 is 0 Å². The fraction of sp³-hybridized carbons (Fsp3) is 0.533. The number of hydrogen-bond donors (Lipinski definition) is 3. The second kappa shape index (κ2) is 6.72. The van der Waals surface area contributed by atoms with Crippen molar-refractivity contribution in [3.05, 3.63) is 29.3 Å². The lowest BCUT2D eigenvalue weighted by Crippen LogP contribution is -2.45. The summed E-state index contributed by atoms with van der Waals surface area (Å²) in [6, 6.07) is 6.24. The molecule has 1 amide bonds. The first kappa shape index (κ1) is 14.8. The van der Waals surface area contributed by atoms with Gasteiger partial charge in [0.15, 0.2) is 0 Å². The molecule has 1 heterocycles. The minimum atomic E-state index is -0.263. The van der Waals surface area contributed by atoms with E-state index in [9.17, 15) is 9.90 Å². The van der Waals surface area contributed by atoms with Crippen LogP contribution in [0.3, 0.4) is 0 Å². The fourth-order valence-corrected chi connectivity index (χ4v) is 2.63. The normalized spacial score (nSPS) is 17.2. The zero-order chi connectivity index (χ0) is 14.5. The molecule has 1 saturated heterocycles. The van der Waals surface area contributed by atoms with Crippen molar-refractivity contribution < 1.29 is 9.90 Å². The summed E-state index contributed by atoms with van der Waals surface area (Å²) in [5.41, 5.74) is 7.04. The average molecular weight is 277 g/mol. The number of likely N-dealkylation sites (tertiary alicyclic amines) is 1. The topological polar surface area (TPSA) is 78.6 Å². The van der Waals surface area contributed by atoms with E-state index in [1.807, 2.05) is 25.1 Å². The van der Waals surface area contributed by atoms with Crippen molar-refractivity contribution >= 4 is 5.91 Å². The number of nitrogens with one attached hydrogen (secondary N) is 1. The number of aryl methyl sites for hydroxylation is 1. The molecule has 0 atom stereocenters. The summed E-state index contributed by atoms with van der Waals surface area (Å²) >= 11 is 0. The fourth-order valence-electron chi connectivity index (χ4n) is 2.63. The maximum atomic E-state index is 10.9. The molecule has 1 fully saturated rings. The van der Waals surface area contributed by atoms with Gasteiger partial charge in [0.25, 0.3) is 0 Å². The van der Waals surface area contributed by atoms with Gasteiger partial charge < -0.3 is 16.2 Å². The summed E-state index contributed by atoms with van der Waals surface area (Å²) in [6.45, 7) is 4.71. The van der Waals surface area contributed by atoms with Gasteiger partial charge in [-0.25, -0.2) is 0 Å². The van der Waals surface area contributed by atoms with Crippen LogP contribution in [0.15, 0.2) is 18.2 Å². The minimum Gasteiger partial charge on any atom is -0.507 e. The molecule has 0 unspecified atom stereocenters. The molecule has 1 aliphatic rings. The molecule has 5 nitrogen and oxygen atoms in total. The van der Waals surface area contributed by atoms with Gasteiger partial charge in [0, 0.05) is 31.2 Å².